The van der Waals surface area contributed by atoms with E-state index in [0.29, 0.717) is 13.2 Å². The number of ether oxygens (including phenoxy) is 2. The molecule has 0 spiro atoms. The SMILES string of the molecule is CCOc1ccc(CCNC(=NC)NCc2ccc(N(C)C)cc2)cc1OCC. The maximum Gasteiger partial charge on any atom is 0.191 e. The van der Waals surface area contributed by atoms with Crippen molar-refractivity contribution in [2.75, 3.05) is 45.8 Å². The highest BCUT2D eigenvalue weighted by molar-refractivity contribution is 5.79. The lowest BCUT2D eigenvalue weighted by Gasteiger charge is -2.15. The second kappa shape index (κ2) is 11.8. The van der Waals surface area contributed by atoms with Crippen LogP contribution in [0.15, 0.2) is 47.5 Å². The van der Waals surface area contributed by atoms with Gasteiger partial charge in [-0.2, -0.15) is 0 Å². The summed E-state index contributed by atoms with van der Waals surface area (Å²) in [5.41, 5.74) is 3.60. The standard InChI is InChI=1S/C23H34N4O2/c1-6-28-21-13-10-18(16-22(21)29-7-2)14-15-25-23(24-3)26-17-19-8-11-20(12-9-19)27(4)5/h8-13,16H,6-7,14-15,17H2,1-5H3,(H2,24,25,26). The van der Waals surface area contributed by atoms with Crippen LogP contribution in [0.2, 0.25) is 0 Å². The fourth-order valence-corrected chi connectivity index (χ4v) is 2.89. The highest BCUT2D eigenvalue weighted by Gasteiger charge is 2.06. The summed E-state index contributed by atoms with van der Waals surface area (Å²) in [7, 11) is 5.87. The van der Waals surface area contributed by atoms with Crippen LogP contribution in [-0.2, 0) is 13.0 Å². The van der Waals surface area contributed by atoms with Crippen LogP contribution in [0.1, 0.15) is 25.0 Å². The highest BCUT2D eigenvalue weighted by Crippen LogP contribution is 2.28. The van der Waals surface area contributed by atoms with E-state index in [2.05, 4.69) is 56.9 Å². The number of anilines is 1. The van der Waals surface area contributed by atoms with Crippen LogP contribution in [0, 0.1) is 0 Å². The Morgan fingerprint density at radius 1 is 0.897 bits per heavy atom. The number of guanidine groups is 1. The predicted molar refractivity (Wildman–Crippen MR) is 121 cm³/mol. The smallest absolute Gasteiger partial charge is 0.191 e. The molecule has 0 aromatic heterocycles. The number of hydrogen-bond acceptors (Lipinski definition) is 4. The molecule has 0 atom stereocenters. The molecule has 0 saturated heterocycles. The van der Waals surface area contributed by atoms with Gasteiger partial charge in [-0.15, -0.1) is 0 Å². The summed E-state index contributed by atoms with van der Waals surface area (Å²) in [6.45, 7) is 6.70. The average Bonchev–Trinajstić information content (AvgIpc) is 2.73. The number of nitrogens with zero attached hydrogens (tertiary/aromatic N) is 2. The van der Waals surface area contributed by atoms with E-state index >= 15 is 0 Å². The van der Waals surface area contributed by atoms with Crippen LogP contribution in [-0.4, -0.2) is 46.9 Å². The molecule has 0 aliphatic heterocycles. The molecule has 0 amide bonds. The van der Waals surface area contributed by atoms with Gasteiger partial charge in [0.25, 0.3) is 0 Å². The molecule has 2 aromatic carbocycles. The Kier molecular flexibility index (Phi) is 9.15. The van der Waals surface area contributed by atoms with E-state index in [1.54, 1.807) is 7.05 Å². The van der Waals surface area contributed by atoms with Crippen LogP contribution in [0.3, 0.4) is 0 Å². The van der Waals surface area contributed by atoms with E-state index in [4.69, 9.17) is 9.47 Å². The quantitative estimate of drug-likeness (QED) is 0.474. The van der Waals surface area contributed by atoms with Crippen molar-refractivity contribution in [3.63, 3.8) is 0 Å². The Balaban J connectivity index is 1.84. The number of aliphatic imine (C=N–C) groups is 1. The van der Waals surface area contributed by atoms with Gasteiger partial charge in [0.2, 0.25) is 0 Å². The molecule has 6 heteroatoms. The van der Waals surface area contributed by atoms with Crippen molar-refractivity contribution in [2.24, 2.45) is 4.99 Å². The molecule has 0 aliphatic carbocycles. The summed E-state index contributed by atoms with van der Waals surface area (Å²) in [6, 6.07) is 14.6. The van der Waals surface area contributed by atoms with E-state index in [1.165, 1.54) is 16.8 Å². The number of hydrogen-bond donors (Lipinski definition) is 2. The van der Waals surface area contributed by atoms with Gasteiger partial charge in [0.05, 0.1) is 13.2 Å². The second-order valence-electron chi connectivity index (χ2n) is 6.81. The molecule has 2 rings (SSSR count). The fraction of sp³-hybridized carbons (Fsp3) is 0.435. The van der Waals surface area contributed by atoms with E-state index in [1.807, 2.05) is 34.0 Å². The summed E-state index contributed by atoms with van der Waals surface area (Å²) < 4.78 is 11.3. The third-order valence-electron chi connectivity index (χ3n) is 4.45. The van der Waals surface area contributed by atoms with E-state index in [0.717, 1.165) is 37.0 Å². The zero-order chi connectivity index (χ0) is 21.1. The molecule has 0 radical (unpaired) electrons. The Hall–Kier alpha value is -2.89. The molecule has 0 unspecified atom stereocenters. The monoisotopic (exact) mass is 398 g/mol. The third-order valence-corrected chi connectivity index (χ3v) is 4.45. The van der Waals surface area contributed by atoms with Crippen molar-refractivity contribution < 1.29 is 9.47 Å². The molecular weight excluding hydrogens is 364 g/mol. The lowest BCUT2D eigenvalue weighted by molar-refractivity contribution is 0.287. The zero-order valence-corrected chi connectivity index (χ0v) is 18.3. The van der Waals surface area contributed by atoms with Crippen molar-refractivity contribution in [3.05, 3.63) is 53.6 Å². The summed E-state index contributed by atoms with van der Waals surface area (Å²) in [6.07, 6.45) is 0.866. The van der Waals surface area contributed by atoms with Crippen molar-refractivity contribution in [3.8, 4) is 11.5 Å². The lowest BCUT2D eigenvalue weighted by Crippen LogP contribution is -2.37. The lowest BCUT2D eigenvalue weighted by atomic mass is 10.1. The molecule has 158 valence electrons. The first-order valence-electron chi connectivity index (χ1n) is 10.2. The summed E-state index contributed by atoms with van der Waals surface area (Å²) in [4.78, 5) is 6.40. The fourth-order valence-electron chi connectivity index (χ4n) is 2.89. The first kappa shape index (κ1) is 22.4. The molecule has 2 aromatic rings. The maximum atomic E-state index is 5.70. The number of rotatable bonds is 10. The van der Waals surface area contributed by atoms with Gasteiger partial charge in [0.1, 0.15) is 0 Å². The van der Waals surface area contributed by atoms with Crippen LogP contribution in [0.25, 0.3) is 0 Å². The minimum Gasteiger partial charge on any atom is -0.490 e. The summed E-state index contributed by atoms with van der Waals surface area (Å²) >= 11 is 0. The van der Waals surface area contributed by atoms with Crippen LogP contribution < -0.4 is 25.0 Å². The van der Waals surface area contributed by atoms with E-state index in [9.17, 15) is 0 Å². The molecule has 0 heterocycles. The van der Waals surface area contributed by atoms with Crippen molar-refractivity contribution in [1.29, 1.82) is 0 Å². The first-order valence-corrected chi connectivity index (χ1v) is 10.2. The van der Waals surface area contributed by atoms with Gasteiger partial charge in [-0.1, -0.05) is 18.2 Å². The van der Waals surface area contributed by atoms with Gasteiger partial charge in [0, 0.05) is 39.9 Å². The highest BCUT2D eigenvalue weighted by atomic mass is 16.5. The number of benzene rings is 2. The van der Waals surface area contributed by atoms with Gasteiger partial charge in [0.15, 0.2) is 17.5 Å². The van der Waals surface area contributed by atoms with Crippen LogP contribution >= 0.6 is 0 Å². The molecular formula is C23H34N4O2. The van der Waals surface area contributed by atoms with Crippen molar-refractivity contribution in [1.82, 2.24) is 10.6 Å². The zero-order valence-electron chi connectivity index (χ0n) is 18.3. The van der Waals surface area contributed by atoms with Gasteiger partial charge >= 0.3 is 0 Å². The minimum absolute atomic E-state index is 0.619. The Labute approximate surface area is 174 Å². The predicted octanol–water partition coefficient (Wildman–Crippen LogP) is 3.46. The van der Waals surface area contributed by atoms with Crippen LogP contribution in [0.5, 0.6) is 11.5 Å². The first-order chi connectivity index (χ1) is 14.1. The minimum atomic E-state index is 0.619. The molecule has 0 bridgehead atoms. The van der Waals surface area contributed by atoms with Crippen molar-refractivity contribution >= 4 is 11.6 Å². The van der Waals surface area contributed by atoms with Gasteiger partial charge in [-0.25, -0.2) is 0 Å². The summed E-state index contributed by atoms with van der Waals surface area (Å²) in [5, 5.41) is 6.73. The van der Waals surface area contributed by atoms with Crippen molar-refractivity contribution in [2.45, 2.75) is 26.8 Å². The third kappa shape index (κ3) is 7.22. The van der Waals surface area contributed by atoms with Crippen LogP contribution in [0.4, 0.5) is 5.69 Å². The Morgan fingerprint density at radius 2 is 1.55 bits per heavy atom. The maximum absolute atomic E-state index is 5.70. The summed E-state index contributed by atoms with van der Waals surface area (Å²) in [5.74, 6) is 2.39. The molecule has 6 nitrogen and oxygen atoms in total. The van der Waals surface area contributed by atoms with Gasteiger partial charge in [-0.3, -0.25) is 4.99 Å². The van der Waals surface area contributed by atoms with E-state index in [-0.39, 0.29) is 0 Å². The topological polar surface area (TPSA) is 58.1 Å². The van der Waals surface area contributed by atoms with Gasteiger partial charge in [-0.05, 0) is 55.7 Å². The van der Waals surface area contributed by atoms with E-state index < -0.39 is 0 Å². The molecule has 0 fully saturated rings. The second-order valence-corrected chi connectivity index (χ2v) is 6.81. The number of nitrogens with one attached hydrogen (secondary N) is 2. The normalized spacial score (nSPS) is 11.1. The Bertz CT molecular complexity index is 773. The largest absolute Gasteiger partial charge is 0.490 e. The molecule has 0 saturated carbocycles. The molecule has 2 N–H and O–H groups in total. The average molecular weight is 399 g/mol. The molecule has 29 heavy (non-hydrogen) atoms. The van der Waals surface area contributed by atoms with Gasteiger partial charge < -0.3 is 25.0 Å². The molecule has 0 aliphatic rings. The Morgan fingerprint density at radius 3 is 2.17 bits per heavy atom.